The molecule has 0 amide bonds. The Morgan fingerprint density at radius 2 is 0.929 bits per heavy atom. The minimum atomic E-state index is -0.159. The molecule has 3 nitrogen and oxygen atoms in total. The van der Waals surface area contributed by atoms with Crippen molar-refractivity contribution in [2.24, 2.45) is 0 Å². The van der Waals surface area contributed by atoms with Gasteiger partial charge in [-0.1, -0.05) is 98.8 Å². The molecule has 0 aliphatic heterocycles. The van der Waals surface area contributed by atoms with E-state index in [0.29, 0.717) is 10.8 Å². The second-order valence-electron chi connectivity index (χ2n) is 11.7. The van der Waals surface area contributed by atoms with E-state index in [9.17, 15) is 9.59 Å². The molecule has 0 saturated carbocycles. The van der Waals surface area contributed by atoms with Gasteiger partial charge < -0.3 is 0 Å². The summed E-state index contributed by atoms with van der Waals surface area (Å²) in [7, 11) is 0. The van der Waals surface area contributed by atoms with Crippen molar-refractivity contribution in [1.29, 1.82) is 0 Å². The van der Waals surface area contributed by atoms with E-state index in [1.54, 1.807) is 4.57 Å². The highest BCUT2D eigenvalue weighted by molar-refractivity contribution is 6.50. The average Bonchev–Trinajstić information content (AvgIpc) is 3.53. The Labute approximate surface area is 241 Å². The molecule has 0 N–H and O–H groups in total. The van der Waals surface area contributed by atoms with Gasteiger partial charge in [0, 0.05) is 6.04 Å². The summed E-state index contributed by atoms with van der Waals surface area (Å²) in [5, 5.41) is 12.3. The highest BCUT2D eigenvalue weighted by Gasteiger charge is 2.30. The second-order valence-corrected chi connectivity index (χ2v) is 11.7. The summed E-state index contributed by atoms with van der Waals surface area (Å²) in [6, 6.07) is 34.0. The molecule has 0 aliphatic rings. The fourth-order valence-corrected chi connectivity index (χ4v) is 7.90. The van der Waals surface area contributed by atoms with Gasteiger partial charge in [-0.15, -0.1) is 0 Å². The summed E-state index contributed by atoms with van der Waals surface area (Å²) in [5.74, 6) is 0. The molecule has 3 heteroatoms. The van der Waals surface area contributed by atoms with Crippen LogP contribution in [0.3, 0.4) is 0 Å². The maximum atomic E-state index is 14.4. The molecule has 0 atom stereocenters. The van der Waals surface area contributed by atoms with Gasteiger partial charge in [0.25, 0.3) is 11.1 Å². The molecule has 0 spiro atoms. The Morgan fingerprint density at radius 3 is 1.36 bits per heavy atom. The van der Waals surface area contributed by atoms with Gasteiger partial charge in [0.2, 0.25) is 0 Å². The lowest BCUT2D eigenvalue weighted by atomic mass is 9.89. The van der Waals surface area contributed by atoms with Crippen LogP contribution in [0.5, 0.6) is 0 Å². The number of aromatic nitrogens is 1. The van der Waals surface area contributed by atoms with Crippen LogP contribution in [0.2, 0.25) is 0 Å². The van der Waals surface area contributed by atoms with Crippen LogP contribution in [0.1, 0.15) is 32.7 Å². The molecule has 1 heterocycles. The molecule has 0 fully saturated rings. The van der Waals surface area contributed by atoms with Crippen molar-refractivity contribution in [3.05, 3.63) is 118 Å². The summed E-state index contributed by atoms with van der Waals surface area (Å²) in [4.78, 5) is 28.8. The van der Waals surface area contributed by atoms with Gasteiger partial charge in [-0.25, -0.2) is 0 Å². The molecular weight excluding hydrogens is 514 g/mol. The summed E-state index contributed by atoms with van der Waals surface area (Å²) in [5.41, 5.74) is 4.08. The number of fused-ring (bicyclic) bond motifs is 3. The van der Waals surface area contributed by atoms with Gasteiger partial charge in [-0.05, 0) is 101 Å². The predicted octanol–water partition coefficient (Wildman–Crippen LogP) is 9.57. The van der Waals surface area contributed by atoms with Crippen molar-refractivity contribution in [2.75, 3.05) is 0 Å². The van der Waals surface area contributed by atoms with E-state index >= 15 is 0 Å². The molecule has 42 heavy (non-hydrogen) atoms. The largest absolute Gasteiger partial charge is 0.271 e. The highest BCUT2D eigenvalue weighted by atomic mass is 16.2. The Morgan fingerprint density at radius 1 is 0.500 bits per heavy atom. The van der Waals surface area contributed by atoms with Crippen LogP contribution in [0.15, 0.2) is 107 Å². The van der Waals surface area contributed by atoms with Gasteiger partial charge in [0.15, 0.2) is 0 Å². The molecule has 9 rings (SSSR count). The average molecular weight is 542 g/mol. The van der Waals surface area contributed by atoms with Crippen molar-refractivity contribution in [2.45, 2.75) is 32.7 Å². The molecule has 9 aromatic rings. The molecule has 0 unspecified atom stereocenters. The summed E-state index contributed by atoms with van der Waals surface area (Å²) in [6.07, 6.45) is 1.47. The van der Waals surface area contributed by atoms with Gasteiger partial charge in [0.1, 0.15) is 0 Å². The lowest BCUT2D eigenvalue weighted by molar-refractivity contribution is 0.455. The van der Waals surface area contributed by atoms with Gasteiger partial charge in [-0.2, -0.15) is 0 Å². The second kappa shape index (κ2) is 8.27. The van der Waals surface area contributed by atoms with Crippen LogP contribution in [0.4, 0.5) is 0 Å². The Balaban J connectivity index is 1.64. The van der Waals surface area contributed by atoms with E-state index in [2.05, 4.69) is 98.8 Å². The van der Waals surface area contributed by atoms with Crippen LogP contribution < -0.4 is 11.1 Å². The lowest BCUT2D eigenvalue weighted by Gasteiger charge is -2.12. The van der Waals surface area contributed by atoms with E-state index in [0.717, 1.165) is 56.6 Å². The molecule has 200 valence electrons. The third-order valence-electron chi connectivity index (χ3n) is 9.76. The van der Waals surface area contributed by atoms with Crippen LogP contribution in [0.25, 0.3) is 86.9 Å². The summed E-state index contributed by atoms with van der Waals surface area (Å²) in [6.45, 7) is 4.12. The predicted molar refractivity (Wildman–Crippen MR) is 177 cm³/mol. The van der Waals surface area contributed by atoms with Crippen LogP contribution in [-0.2, 0) is 0 Å². The number of hydrogen-bond acceptors (Lipinski definition) is 2. The normalized spacial score (nSPS) is 12.6. The zero-order valence-corrected chi connectivity index (χ0v) is 23.5. The van der Waals surface area contributed by atoms with Gasteiger partial charge >= 0.3 is 0 Å². The Hall–Kier alpha value is -5.02. The van der Waals surface area contributed by atoms with Crippen molar-refractivity contribution >= 4 is 64.6 Å². The number of nitrogens with zero attached hydrogens (tertiary/aromatic N) is 1. The third kappa shape index (κ3) is 2.76. The van der Waals surface area contributed by atoms with Crippen molar-refractivity contribution in [3.63, 3.8) is 0 Å². The fraction of sp³-hybridized carbons (Fsp3) is 0.128. The van der Waals surface area contributed by atoms with E-state index in [-0.39, 0.29) is 17.2 Å². The smallest absolute Gasteiger partial charge is 0.262 e. The van der Waals surface area contributed by atoms with Crippen molar-refractivity contribution < 1.29 is 0 Å². The molecule has 0 aliphatic carbocycles. The summed E-state index contributed by atoms with van der Waals surface area (Å²) < 4.78 is 1.55. The van der Waals surface area contributed by atoms with Crippen LogP contribution in [-0.4, -0.2) is 4.57 Å². The molecule has 0 radical (unpaired) electrons. The van der Waals surface area contributed by atoms with E-state index in [1.165, 1.54) is 32.3 Å². The minimum Gasteiger partial charge on any atom is -0.271 e. The van der Waals surface area contributed by atoms with Gasteiger partial charge in [0.05, 0.1) is 10.8 Å². The fourth-order valence-electron chi connectivity index (χ4n) is 7.90. The Kier molecular flexibility index (Phi) is 4.66. The molecular formula is C39H27NO2. The Bertz CT molecular complexity index is 2390. The van der Waals surface area contributed by atoms with Crippen molar-refractivity contribution in [1.82, 2.24) is 4.57 Å². The van der Waals surface area contributed by atoms with Gasteiger partial charge in [-0.3, -0.25) is 14.2 Å². The number of benzene rings is 7. The first kappa shape index (κ1) is 23.7. The lowest BCUT2D eigenvalue weighted by Crippen LogP contribution is -2.29. The standard InChI is InChI=1S/C39H27NO2/c1-3-24(4-2)40-38(41)36-29-19-27(21-11-7-5-8-12-21)25-17-15-23-16-18-26-28(22-13-9-6-10-14-22)20-30(37(36)39(40)42)35-33(26)31(23)32(25)34(29)35/h5-20,24H,3-4H2,1-2H3. The minimum absolute atomic E-state index is 0.129. The molecule has 0 bridgehead atoms. The first-order valence-corrected chi connectivity index (χ1v) is 14.9. The highest BCUT2D eigenvalue weighted by Crippen LogP contribution is 2.53. The quantitative estimate of drug-likeness (QED) is 0.204. The maximum absolute atomic E-state index is 14.4. The van der Waals surface area contributed by atoms with Crippen LogP contribution >= 0.6 is 0 Å². The molecule has 1 aromatic heterocycles. The molecule has 8 aromatic carbocycles. The van der Waals surface area contributed by atoms with E-state index < -0.39 is 0 Å². The molecule has 0 saturated heterocycles. The van der Waals surface area contributed by atoms with E-state index in [1.807, 2.05) is 12.1 Å². The number of hydrogen-bond donors (Lipinski definition) is 0. The number of rotatable bonds is 5. The van der Waals surface area contributed by atoms with E-state index in [4.69, 9.17) is 0 Å². The first-order valence-electron chi connectivity index (χ1n) is 14.9. The summed E-state index contributed by atoms with van der Waals surface area (Å²) >= 11 is 0. The zero-order chi connectivity index (χ0) is 28.3. The maximum Gasteiger partial charge on any atom is 0.262 e. The SMILES string of the molecule is CCC(CC)n1c(=O)c2c3cc(-c4ccccc4)c4ccc5ccc6c(-c7ccccc7)cc(c2c1=O)c1c6c5c4c31. The topological polar surface area (TPSA) is 39.1 Å². The first-order chi connectivity index (χ1) is 20.6. The van der Waals surface area contributed by atoms with Crippen LogP contribution in [0, 0.1) is 0 Å². The third-order valence-corrected chi connectivity index (χ3v) is 9.76. The van der Waals surface area contributed by atoms with Crippen molar-refractivity contribution in [3.8, 4) is 22.3 Å². The zero-order valence-electron chi connectivity index (χ0n) is 23.5. The monoisotopic (exact) mass is 541 g/mol.